The SMILES string of the molecule is CC(C)CCC(NC(=O)OCC1c2ccccc2-c2ccccc21)C(=O)N(C)C(C)C(=O)O. The molecule has 7 nitrogen and oxygen atoms in total. The van der Waals surface area contributed by atoms with Gasteiger partial charge in [0.05, 0.1) is 0 Å². The Morgan fingerprint density at radius 3 is 2.03 bits per heavy atom. The fraction of sp³-hybridized carbons (Fsp3) is 0.423. The van der Waals surface area contributed by atoms with Crippen molar-refractivity contribution in [3.05, 3.63) is 59.7 Å². The highest BCUT2D eigenvalue weighted by atomic mass is 16.5. The van der Waals surface area contributed by atoms with Crippen LogP contribution in [-0.2, 0) is 14.3 Å². The standard InChI is InChI=1S/C26H32N2O5/c1-16(2)13-14-23(24(29)28(4)17(3)25(30)31)27-26(32)33-15-22-20-11-7-5-9-18(20)19-10-6-8-12-21(19)22/h5-12,16-17,22-23H,13-15H2,1-4H3,(H,27,32)(H,30,31). The van der Waals surface area contributed by atoms with E-state index in [1.807, 2.05) is 50.2 Å². The van der Waals surface area contributed by atoms with Crippen LogP contribution < -0.4 is 5.32 Å². The lowest BCUT2D eigenvalue weighted by atomic mass is 9.98. The Kier molecular flexibility index (Phi) is 7.74. The van der Waals surface area contributed by atoms with Crippen LogP contribution in [0.15, 0.2) is 48.5 Å². The molecule has 2 atom stereocenters. The van der Waals surface area contributed by atoms with Gasteiger partial charge in [0.15, 0.2) is 0 Å². The maximum absolute atomic E-state index is 12.9. The van der Waals surface area contributed by atoms with Gasteiger partial charge in [-0.3, -0.25) is 4.79 Å². The second-order valence-electron chi connectivity index (χ2n) is 8.96. The molecule has 2 unspecified atom stereocenters. The molecule has 2 amide bonds. The summed E-state index contributed by atoms with van der Waals surface area (Å²) in [7, 11) is 1.43. The van der Waals surface area contributed by atoms with E-state index in [9.17, 15) is 19.5 Å². The smallest absolute Gasteiger partial charge is 0.407 e. The molecule has 0 heterocycles. The van der Waals surface area contributed by atoms with Crippen LogP contribution in [0.4, 0.5) is 4.79 Å². The quantitative estimate of drug-likeness (QED) is 0.593. The Bertz CT molecular complexity index is 974. The van der Waals surface area contributed by atoms with Gasteiger partial charge < -0.3 is 20.1 Å². The zero-order valence-electron chi connectivity index (χ0n) is 19.6. The summed E-state index contributed by atoms with van der Waals surface area (Å²) in [4.78, 5) is 38.1. The molecule has 1 aliphatic carbocycles. The van der Waals surface area contributed by atoms with Crippen LogP contribution in [0, 0.1) is 5.92 Å². The molecule has 1 aliphatic rings. The maximum atomic E-state index is 12.9. The van der Waals surface area contributed by atoms with E-state index < -0.39 is 30.1 Å². The van der Waals surface area contributed by atoms with Crippen LogP contribution in [-0.4, -0.2) is 53.7 Å². The summed E-state index contributed by atoms with van der Waals surface area (Å²) >= 11 is 0. The number of alkyl carbamates (subject to hydrolysis) is 1. The average Bonchev–Trinajstić information content (AvgIpc) is 3.12. The second-order valence-corrected chi connectivity index (χ2v) is 8.96. The fourth-order valence-electron chi connectivity index (χ4n) is 4.14. The minimum Gasteiger partial charge on any atom is -0.480 e. The number of fused-ring (bicyclic) bond motifs is 3. The Morgan fingerprint density at radius 1 is 0.970 bits per heavy atom. The van der Waals surface area contributed by atoms with Crippen molar-refractivity contribution in [1.29, 1.82) is 0 Å². The van der Waals surface area contributed by atoms with Crippen molar-refractivity contribution in [2.24, 2.45) is 5.92 Å². The van der Waals surface area contributed by atoms with Crippen molar-refractivity contribution < 1.29 is 24.2 Å². The van der Waals surface area contributed by atoms with Gasteiger partial charge in [-0.05, 0) is 47.9 Å². The van der Waals surface area contributed by atoms with Gasteiger partial charge in [0.25, 0.3) is 0 Å². The lowest BCUT2D eigenvalue weighted by Crippen LogP contribution is -2.51. The number of aliphatic carboxylic acids is 1. The summed E-state index contributed by atoms with van der Waals surface area (Å²) in [5.41, 5.74) is 4.48. The number of likely N-dealkylation sites (N-methyl/N-ethyl adjacent to an activating group) is 1. The first-order valence-electron chi connectivity index (χ1n) is 11.3. The molecule has 0 radical (unpaired) electrons. The summed E-state index contributed by atoms with van der Waals surface area (Å²) in [6.45, 7) is 5.64. The van der Waals surface area contributed by atoms with E-state index in [0.717, 1.165) is 27.2 Å². The van der Waals surface area contributed by atoms with Gasteiger partial charge >= 0.3 is 12.1 Å². The third-order valence-electron chi connectivity index (χ3n) is 6.25. The highest BCUT2D eigenvalue weighted by Crippen LogP contribution is 2.44. The normalized spacial score (nSPS) is 14.2. The number of carbonyl (C=O) groups is 3. The Balaban J connectivity index is 1.69. The molecule has 0 aromatic heterocycles. The Morgan fingerprint density at radius 2 is 1.52 bits per heavy atom. The highest BCUT2D eigenvalue weighted by Gasteiger charge is 2.32. The van der Waals surface area contributed by atoms with Gasteiger partial charge in [-0.25, -0.2) is 9.59 Å². The zero-order valence-corrected chi connectivity index (χ0v) is 19.6. The minimum atomic E-state index is -1.10. The first-order valence-corrected chi connectivity index (χ1v) is 11.3. The molecule has 0 spiro atoms. The number of carbonyl (C=O) groups excluding carboxylic acids is 2. The molecular formula is C26H32N2O5. The molecule has 33 heavy (non-hydrogen) atoms. The van der Waals surface area contributed by atoms with Crippen molar-refractivity contribution in [3.8, 4) is 11.1 Å². The largest absolute Gasteiger partial charge is 0.480 e. The molecule has 176 valence electrons. The number of amides is 2. The Hall–Kier alpha value is -3.35. The van der Waals surface area contributed by atoms with Crippen molar-refractivity contribution in [1.82, 2.24) is 10.2 Å². The molecule has 3 rings (SSSR count). The van der Waals surface area contributed by atoms with Gasteiger partial charge in [0.2, 0.25) is 5.91 Å². The number of nitrogens with zero attached hydrogens (tertiary/aromatic N) is 1. The predicted octanol–water partition coefficient (Wildman–Crippen LogP) is 4.26. The second kappa shape index (κ2) is 10.5. The van der Waals surface area contributed by atoms with Gasteiger partial charge in [-0.1, -0.05) is 62.4 Å². The van der Waals surface area contributed by atoms with E-state index in [2.05, 4.69) is 17.4 Å². The molecule has 0 saturated carbocycles. The van der Waals surface area contributed by atoms with E-state index in [0.29, 0.717) is 18.8 Å². The van der Waals surface area contributed by atoms with Crippen LogP contribution in [0.1, 0.15) is 50.7 Å². The number of hydrogen-bond donors (Lipinski definition) is 2. The first-order chi connectivity index (χ1) is 15.7. The summed E-state index contributed by atoms with van der Waals surface area (Å²) in [6.07, 6.45) is 0.419. The van der Waals surface area contributed by atoms with Gasteiger partial charge in [-0.15, -0.1) is 0 Å². The van der Waals surface area contributed by atoms with Gasteiger partial charge in [0, 0.05) is 13.0 Å². The van der Waals surface area contributed by atoms with Crippen molar-refractivity contribution in [3.63, 3.8) is 0 Å². The van der Waals surface area contributed by atoms with Crippen LogP contribution in [0.2, 0.25) is 0 Å². The molecule has 0 aliphatic heterocycles. The number of nitrogens with one attached hydrogen (secondary N) is 1. The zero-order chi connectivity index (χ0) is 24.1. The van der Waals surface area contributed by atoms with E-state index in [4.69, 9.17) is 4.74 Å². The van der Waals surface area contributed by atoms with Gasteiger partial charge in [-0.2, -0.15) is 0 Å². The molecular weight excluding hydrogens is 420 g/mol. The number of carboxylic acids is 1. The highest BCUT2D eigenvalue weighted by molar-refractivity contribution is 5.89. The number of ether oxygens (including phenoxy) is 1. The topological polar surface area (TPSA) is 95.9 Å². The molecule has 7 heteroatoms. The van der Waals surface area contributed by atoms with Crippen LogP contribution in [0.25, 0.3) is 11.1 Å². The Labute approximate surface area is 194 Å². The van der Waals surface area contributed by atoms with E-state index in [1.54, 1.807) is 0 Å². The van der Waals surface area contributed by atoms with E-state index in [1.165, 1.54) is 14.0 Å². The fourth-order valence-corrected chi connectivity index (χ4v) is 4.14. The third-order valence-corrected chi connectivity index (χ3v) is 6.25. The summed E-state index contributed by atoms with van der Waals surface area (Å²) in [6, 6.07) is 14.3. The molecule has 0 bridgehead atoms. The average molecular weight is 453 g/mol. The third kappa shape index (κ3) is 5.53. The summed E-state index contributed by atoms with van der Waals surface area (Å²) in [5, 5.41) is 11.9. The number of rotatable bonds is 9. The van der Waals surface area contributed by atoms with Crippen molar-refractivity contribution in [2.75, 3.05) is 13.7 Å². The minimum absolute atomic E-state index is 0.0809. The van der Waals surface area contributed by atoms with Crippen LogP contribution in [0.3, 0.4) is 0 Å². The van der Waals surface area contributed by atoms with Crippen molar-refractivity contribution >= 4 is 18.0 Å². The van der Waals surface area contributed by atoms with Gasteiger partial charge in [0.1, 0.15) is 18.7 Å². The lowest BCUT2D eigenvalue weighted by Gasteiger charge is -2.27. The molecule has 2 N–H and O–H groups in total. The van der Waals surface area contributed by atoms with Crippen LogP contribution >= 0.6 is 0 Å². The number of carboxylic acid groups (broad SMARTS) is 1. The number of hydrogen-bond acceptors (Lipinski definition) is 4. The summed E-state index contributed by atoms with van der Waals surface area (Å²) in [5.74, 6) is -1.30. The predicted molar refractivity (Wildman–Crippen MR) is 126 cm³/mol. The molecule has 2 aromatic carbocycles. The number of benzene rings is 2. The van der Waals surface area contributed by atoms with Crippen molar-refractivity contribution in [2.45, 2.75) is 51.6 Å². The summed E-state index contributed by atoms with van der Waals surface area (Å²) < 4.78 is 5.58. The maximum Gasteiger partial charge on any atom is 0.407 e. The molecule has 2 aromatic rings. The van der Waals surface area contributed by atoms with E-state index in [-0.39, 0.29) is 12.5 Å². The monoisotopic (exact) mass is 452 g/mol. The molecule has 0 fully saturated rings. The van der Waals surface area contributed by atoms with Crippen LogP contribution in [0.5, 0.6) is 0 Å². The first kappa shape index (κ1) is 24.3. The van der Waals surface area contributed by atoms with E-state index >= 15 is 0 Å². The lowest BCUT2D eigenvalue weighted by molar-refractivity contribution is -0.149. The molecule has 0 saturated heterocycles.